The predicted octanol–water partition coefficient (Wildman–Crippen LogP) is 7.92. The van der Waals surface area contributed by atoms with Crippen molar-refractivity contribution >= 4 is 23.0 Å². The lowest BCUT2D eigenvalue weighted by Gasteiger charge is -2.29. The zero-order valence-electron chi connectivity index (χ0n) is 25.6. The number of alkyl carbamates (subject to hydrolysis) is 1. The molecule has 0 saturated heterocycles. The van der Waals surface area contributed by atoms with Gasteiger partial charge in [0.25, 0.3) is 0 Å². The highest BCUT2D eigenvalue weighted by Gasteiger charge is 2.33. The number of aromatic nitrogens is 1. The second-order valence-corrected chi connectivity index (χ2v) is 12.8. The van der Waals surface area contributed by atoms with Gasteiger partial charge in [0.15, 0.2) is 11.5 Å². The molecule has 1 fully saturated rings. The minimum Gasteiger partial charge on any atom is -0.487 e. The molecular weight excluding hydrogens is 556 g/mol. The van der Waals surface area contributed by atoms with E-state index >= 15 is 0 Å². The monoisotopic (exact) mass is 596 g/mol. The molecular formula is C36H40N2O6. The number of carbonyl (C=O) groups excluding carboxylic acids is 1. The highest BCUT2D eigenvalue weighted by atomic mass is 16.6. The summed E-state index contributed by atoms with van der Waals surface area (Å²) in [5, 5.41) is 14.0. The number of carboxylic acid groups (broad SMARTS) is 1. The summed E-state index contributed by atoms with van der Waals surface area (Å²) in [6.45, 7) is 6.42. The molecule has 2 N–H and O–H groups in total. The minimum absolute atomic E-state index is 0.175. The first kappa shape index (κ1) is 29.6. The van der Waals surface area contributed by atoms with Crippen LogP contribution in [0.15, 0.2) is 66.7 Å². The van der Waals surface area contributed by atoms with Crippen LogP contribution in [0.2, 0.25) is 0 Å². The van der Waals surface area contributed by atoms with Crippen molar-refractivity contribution < 1.29 is 28.9 Å². The highest BCUT2D eigenvalue weighted by Crippen LogP contribution is 2.49. The van der Waals surface area contributed by atoms with Crippen LogP contribution in [0, 0.1) is 0 Å². The van der Waals surface area contributed by atoms with E-state index in [0.717, 1.165) is 53.4 Å². The standard InChI is InChI=1S/C36H40N2O6/c1-36(2,3)44-35(41)37-26-20-38-29-19-25(34(39)40)17-18-27(29)31(24-13-8-5-9-14-24)32(38)28-15-10-16-30(33(28)43-22-26)42-21-23-11-6-4-7-12-23/h4,6-7,10-12,15-19,24,26H,5,8-9,13-14,20-22H2,1-3H3,(H,37,41)(H,39,40)/t26-/m1/s1. The zero-order valence-corrected chi connectivity index (χ0v) is 25.6. The Morgan fingerprint density at radius 1 is 1.00 bits per heavy atom. The zero-order chi connectivity index (χ0) is 30.8. The van der Waals surface area contributed by atoms with Crippen LogP contribution < -0.4 is 14.8 Å². The van der Waals surface area contributed by atoms with Gasteiger partial charge in [-0.25, -0.2) is 9.59 Å². The van der Waals surface area contributed by atoms with Crippen molar-refractivity contribution in [2.75, 3.05) is 6.61 Å². The summed E-state index contributed by atoms with van der Waals surface area (Å²) in [4.78, 5) is 25.1. The third-order valence-electron chi connectivity index (χ3n) is 8.39. The molecule has 230 valence electrons. The summed E-state index contributed by atoms with van der Waals surface area (Å²) in [5.74, 6) is 0.563. The highest BCUT2D eigenvalue weighted by molar-refractivity contribution is 5.99. The summed E-state index contributed by atoms with van der Waals surface area (Å²) in [7, 11) is 0. The van der Waals surface area contributed by atoms with Crippen LogP contribution in [0.5, 0.6) is 11.5 Å². The van der Waals surface area contributed by atoms with Crippen molar-refractivity contribution in [3.05, 3.63) is 83.4 Å². The van der Waals surface area contributed by atoms with Gasteiger partial charge in [-0.15, -0.1) is 0 Å². The molecule has 1 atom stereocenters. The second kappa shape index (κ2) is 12.3. The van der Waals surface area contributed by atoms with Crippen LogP contribution >= 0.6 is 0 Å². The third kappa shape index (κ3) is 6.25. The van der Waals surface area contributed by atoms with Gasteiger partial charge in [0.1, 0.15) is 18.8 Å². The third-order valence-corrected chi connectivity index (χ3v) is 8.39. The van der Waals surface area contributed by atoms with Crippen molar-refractivity contribution in [2.24, 2.45) is 0 Å². The number of rotatable bonds is 6. The summed E-state index contributed by atoms with van der Waals surface area (Å²) in [5.41, 5.74) is 4.54. The van der Waals surface area contributed by atoms with Gasteiger partial charge in [-0.05, 0) is 74.9 Å². The Balaban J connectivity index is 1.52. The van der Waals surface area contributed by atoms with E-state index in [1.165, 1.54) is 12.0 Å². The van der Waals surface area contributed by atoms with E-state index in [9.17, 15) is 14.7 Å². The fourth-order valence-corrected chi connectivity index (χ4v) is 6.51. The Morgan fingerprint density at radius 3 is 2.50 bits per heavy atom. The second-order valence-electron chi connectivity index (χ2n) is 12.8. The first-order valence-corrected chi connectivity index (χ1v) is 15.5. The first-order chi connectivity index (χ1) is 21.2. The number of nitrogens with zero attached hydrogens (tertiary/aromatic N) is 1. The largest absolute Gasteiger partial charge is 0.487 e. The minimum atomic E-state index is -0.976. The van der Waals surface area contributed by atoms with Crippen LogP contribution in [0.1, 0.15) is 80.3 Å². The van der Waals surface area contributed by atoms with Gasteiger partial charge in [-0.3, -0.25) is 0 Å². The van der Waals surface area contributed by atoms with Crippen LogP contribution in [0.3, 0.4) is 0 Å². The SMILES string of the molecule is CC(C)(C)OC(=O)N[C@H]1COc2c(OCc3ccccc3)cccc2-c2c(C3CCCCC3)c3ccc(C(=O)O)cc3n2C1. The number of ether oxygens (including phenoxy) is 3. The molecule has 0 spiro atoms. The molecule has 6 rings (SSSR count). The van der Waals surface area contributed by atoms with Crippen molar-refractivity contribution in [3.63, 3.8) is 0 Å². The Morgan fingerprint density at radius 2 is 1.77 bits per heavy atom. The van der Waals surface area contributed by atoms with Crippen LogP contribution in [0.25, 0.3) is 22.2 Å². The molecule has 44 heavy (non-hydrogen) atoms. The van der Waals surface area contributed by atoms with Gasteiger partial charge in [-0.1, -0.05) is 61.7 Å². The number of benzene rings is 3. The van der Waals surface area contributed by atoms with Crippen molar-refractivity contribution in [2.45, 2.75) is 83.6 Å². The molecule has 3 aromatic carbocycles. The number of amides is 1. The molecule has 1 amide bonds. The Kier molecular flexibility index (Phi) is 8.25. The van der Waals surface area contributed by atoms with Gasteiger partial charge in [-0.2, -0.15) is 0 Å². The maximum Gasteiger partial charge on any atom is 0.408 e. The lowest BCUT2D eigenvalue weighted by atomic mass is 9.81. The number of hydrogen-bond acceptors (Lipinski definition) is 5. The van der Waals surface area contributed by atoms with E-state index in [1.54, 1.807) is 12.1 Å². The molecule has 1 aliphatic carbocycles. The van der Waals surface area contributed by atoms with Gasteiger partial charge in [0.2, 0.25) is 0 Å². The van der Waals surface area contributed by atoms with E-state index in [0.29, 0.717) is 30.6 Å². The maximum atomic E-state index is 13.0. The molecule has 0 bridgehead atoms. The summed E-state index contributed by atoms with van der Waals surface area (Å²) in [6.07, 6.45) is 5.11. The molecule has 2 heterocycles. The predicted molar refractivity (Wildman–Crippen MR) is 170 cm³/mol. The molecule has 0 radical (unpaired) electrons. The van der Waals surface area contributed by atoms with Gasteiger partial charge in [0.05, 0.1) is 17.3 Å². The lowest BCUT2D eigenvalue weighted by molar-refractivity contribution is 0.0480. The van der Waals surface area contributed by atoms with E-state index in [1.807, 2.05) is 69.3 Å². The van der Waals surface area contributed by atoms with Crippen LogP contribution in [0.4, 0.5) is 4.79 Å². The van der Waals surface area contributed by atoms with Crippen LogP contribution in [-0.2, 0) is 17.9 Å². The molecule has 4 aromatic rings. The van der Waals surface area contributed by atoms with Gasteiger partial charge in [0, 0.05) is 23.0 Å². The van der Waals surface area contributed by atoms with Crippen molar-refractivity contribution in [3.8, 4) is 22.8 Å². The Bertz CT molecular complexity index is 1660. The molecule has 2 aliphatic rings. The topological polar surface area (TPSA) is 99.0 Å². The number of hydrogen-bond donors (Lipinski definition) is 2. The number of nitrogens with one attached hydrogen (secondary N) is 1. The fraction of sp³-hybridized carbons (Fsp3) is 0.389. The lowest BCUT2D eigenvalue weighted by Crippen LogP contribution is -2.45. The average Bonchev–Trinajstić information content (AvgIpc) is 3.30. The molecule has 1 aromatic heterocycles. The molecule has 1 aliphatic heterocycles. The first-order valence-electron chi connectivity index (χ1n) is 15.5. The smallest absolute Gasteiger partial charge is 0.408 e. The summed E-state index contributed by atoms with van der Waals surface area (Å²) >= 11 is 0. The summed E-state index contributed by atoms with van der Waals surface area (Å²) < 4.78 is 20.7. The quantitative estimate of drug-likeness (QED) is 0.235. The van der Waals surface area contributed by atoms with Crippen molar-refractivity contribution in [1.82, 2.24) is 9.88 Å². The fourth-order valence-electron chi connectivity index (χ4n) is 6.51. The van der Waals surface area contributed by atoms with Crippen molar-refractivity contribution in [1.29, 1.82) is 0 Å². The molecule has 1 saturated carbocycles. The normalized spacial score (nSPS) is 17.0. The van der Waals surface area contributed by atoms with Crippen LogP contribution in [-0.4, -0.2) is 40.0 Å². The number of fused-ring (bicyclic) bond motifs is 5. The Hall–Kier alpha value is -4.46. The van der Waals surface area contributed by atoms with E-state index < -0.39 is 23.7 Å². The van der Waals surface area contributed by atoms with E-state index in [-0.39, 0.29) is 12.2 Å². The number of carbonyl (C=O) groups is 2. The average molecular weight is 597 g/mol. The number of carboxylic acids is 1. The molecule has 8 heteroatoms. The van der Waals surface area contributed by atoms with Gasteiger partial charge >= 0.3 is 12.1 Å². The van der Waals surface area contributed by atoms with E-state index in [2.05, 4.69) is 16.0 Å². The van der Waals surface area contributed by atoms with E-state index in [4.69, 9.17) is 14.2 Å². The maximum absolute atomic E-state index is 13.0. The Labute approximate surface area is 257 Å². The molecule has 0 unspecified atom stereocenters. The molecule has 8 nitrogen and oxygen atoms in total. The summed E-state index contributed by atoms with van der Waals surface area (Å²) in [6, 6.07) is 20.9. The number of aromatic carboxylic acids is 1. The number of para-hydroxylation sites is 1. The van der Waals surface area contributed by atoms with Gasteiger partial charge < -0.3 is 29.2 Å².